The SMILES string of the molecule is CC/C=C(/F)C(=O)Sc1ccccc1. The number of hydrogen-bond acceptors (Lipinski definition) is 2. The number of thioether (sulfide) groups is 1. The first-order chi connectivity index (χ1) is 6.74. The van der Waals surface area contributed by atoms with Crippen LogP contribution in [0.25, 0.3) is 0 Å². The summed E-state index contributed by atoms with van der Waals surface area (Å²) < 4.78 is 13.0. The van der Waals surface area contributed by atoms with E-state index in [0.717, 1.165) is 16.7 Å². The first kappa shape index (κ1) is 11.0. The lowest BCUT2D eigenvalue weighted by Gasteiger charge is -1.97. The number of hydrogen-bond donors (Lipinski definition) is 0. The van der Waals surface area contributed by atoms with Gasteiger partial charge in [0.25, 0.3) is 5.12 Å². The Labute approximate surface area is 87.0 Å². The average Bonchev–Trinajstić information content (AvgIpc) is 2.19. The largest absolute Gasteiger partial charge is 0.279 e. The van der Waals surface area contributed by atoms with E-state index in [1.165, 1.54) is 6.08 Å². The minimum absolute atomic E-state index is 0.530. The summed E-state index contributed by atoms with van der Waals surface area (Å²) in [5.41, 5.74) is 0. The van der Waals surface area contributed by atoms with Crippen molar-refractivity contribution in [2.45, 2.75) is 18.2 Å². The fourth-order valence-electron chi connectivity index (χ4n) is 0.907. The van der Waals surface area contributed by atoms with E-state index >= 15 is 0 Å². The maximum Gasteiger partial charge on any atom is 0.252 e. The lowest BCUT2D eigenvalue weighted by atomic mass is 10.4. The molecule has 0 aromatic heterocycles. The predicted octanol–water partition coefficient (Wildman–Crippen LogP) is 3.57. The Bertz CT molecular complexity index is 332. The Morgan fingerprint density at radius 2 is 2.07 bits per heavy atom. The molecule has 0 unspecified atom stereocenters. The minimum atomic E-state index is -0.665. The highest BCUT2D eigenvalue weighted by atomic mass is 32.2. The highest BCUT2D eigenvalue weighted by Crippen LogP contribution is 2.22. The predicted molar refractivity (Wildman–Crippen MR) is 56.8 cm³/mol. The number of rotatable bonds is 3. The molecular formula is C11H11FOS. The lowest BCUT2D eigenvalue weighted by Crippen LogP contribution is -1.91. The van der Waals surface area contributed by atoms with Crippen molar-refractivity contribution in [3.63, 3.8) is 0 Å². The molecular weight excluding hydrogens is 199 g/mol. The van der Waals surface area contributed by atoms with Gasteiger partial charge in [-0.05, 0) is 36.4 Å². The highest BCUT2D eigenvalue weighted by Gasteiger charge is 2.09. The van der Waals surface area contributed by atoms with Crippen LogP contribution in [0.1, 0.15) is 13.3 Å². The zero-order valence-electron chi connectivity index (χ0n) is 7.87. The molecule has 14 heavy (non-hydrogen) atoms. The van der Waals surface area contributed by atoms with Gasteiger partial charge in [-0.1, -0.05) is 25.1 Å². The molecule has 0 spiro atoms. The van der Waals surface area contributed by atoms with E-state index in [-0.39, 0.29) is 0 Å². The lowest BCUT2D eigenvalue weighted by molar-refractivity contribution is -0.109. The van der Waals surface area contributed by atoms with E-state index < -0.39 is 10.9 Å². The fourth-order valence-corrected chi connectivity index (χ4v) is 1.60. The van der Waals surface area contributed by atoms with E-state index in [2.05, 4.69) is 0 Å². The molecule has 0 N–H and O–H groups in total. The van der Waals surface area contributed by atoms with Crippen LogP contribution >= 0.6 is 11.8 Å². The van der Waals surface area contributed by atoms with Crippen molar-refractivity contribution in [2.24, 2.45) is 0 Å². The van der Waals surface area contributed by atoms with Crippen LogP contribution in [0.5, 0.6) is 0 Å². The average molecular weight is 210 g/mol. The van der Waals surface area contributed by atoms with Crippen LogP contribution in [0.4, 0.5) is 4.39 Å². The summed E-state index contributed by atoms with van der Waals surface area (Å²) in [5.74, 6) is -0.665. The van der Waals surface area contributed by atoms with Crippen LogP contribution in [0.15, 0.2) is 47.1 Å². The van der Waals surface area contributed by atoms with Crippen molar-refractivity contribution in [3.8, 4) is 0 Å². The second kappa shape index (κ2) is 5.60. The molecule has 1 aromatic rings. The molecule has 0 saturated carbocycles. The number of carbonyl (C=O) groups excluding carboxylic acids is 1. The van der Waals surface area contributed by atoms with Gasteiger partial charge in [0.15, 0.2) is 5.83 Å². The molecule has 0 fully saturated rings. The fraction of sp³-hybridized carbons (Fsp3) is 0.182. The van der Waals surface area contributed by atoms with Crippen LogP contribution in [0.2, 0.25) is 0 Å². The Kier molecular flexibility index (Phi) is 4.40. The number of allylic oxidation sites excluding steroid dienone is 1. The number of halogens is 1. The summed E-state index contributed by atoms with van der Waals surface area (Å²) in [4.78, 5) is 12.0. The van der Waals surface area contributed by atoms with Crippen LogP contribution < -0.4 is 0 Å². The van der Waals surface area contributed by atoms with Gasteiger partial charge in [0.1, 0.15) is 0 Å². The second-order valence-electron chi connectivity index (χ2n) is 2.66. The van der Waals surface area contributed by atoms with Crippen molar-refractivity contribution >= 4 is 16.9 Å². The van der Waals surface area contributed by atoms with Gasteiger partial charge in [0.2, 0.25) is 0 Å². The van der Waals surface area contributed by atoms with Gasteiger partial charge in [-0.2, -0.15) is 0 Å². The third kappa shape index (κ3) is 3.34. The molecule has 0 aliphatic heterocycles. The van der Waals surface area contributed by atoms with Gasteiger partial charge in [-0.25, -0.2) is 4.39 Å². The molecule has 1 nitrogen and oxygen atoms in total. The molecule has 3 heteroatoms. The standard InChI is InChI=1S/C11H11FOS/c1-2-6-10(12)11(13)14-9-7-4-3-5-8-9/h3-8H,2H2,1H3/b10-6+. The van der Waals surface area contributed by atoms with Crippen LogP contribution in [-0.4, -0.2) is 5.12 Å². The van der Waals surface area contributed by atoms with Crippen molar-refractivity contribution < 1.29 is 9.18 Å². The molecule has 0 aliphatic rings. The van der Waals surface area contributed by atoms with Gasteiger partial charge in [-0.3, -0.25) is 4.79 Å². The zero-order valence-corrected chi connectivity index (χ0v) is 8.68. The van der Waals surface area contributed by atoms with E-state index in [0.29, 0.717) is 6.42 Å². The Morgan fingerprint density at radius 3 is 2.64 bits per heavy atom. The van der Waals surface area contributed by atoms with Crippen LogP contribution in [0, 0.1) is 0 Å². The summed E-state index contributed by atoms with van der Waals surface area (Å²) in [7, 11) is 0. The van der Waals surface area contributed by atoms with Gasteiger partial charge >= 0.3 is 0 Å². The smallest absolute Gasteiger partial charge is 0.252 e. The molecule has 1 aromatic carbocycles. The van der Waals surface area contributed by atoms with Gasteiger partial charge in [0, 0.05) is 4.90 Å². The molecule has 0 atom stereocenters. The van der Waals surface area contributed by atoms with Crippen LogP contribution in [0.3, 0.4) is 0 Å². The quantitative estimate of drug-likeness (QED) is 0.560. The number of carbonyl (C=O) groups is 1. The molecule has 0 radical (unpaired) electrons. The van der Waals surface area contributed by atoms with E-state index in [1.54, 1.807) is 19.1 Å². The number of benzene rings is 1. The van der Waals surface area contributed by atoms with E-state index in [9.17, 15) is 9.18 Å². The first-order valence-corrected chi connectivity index (χ1v) is 5.18. The van der Waals surface area contributed by atoms with Crippen molar-refractivity contribution in [3.05, 3.63) is 42.2 Å². The van der Waals surface area contributed by atoms with Crippen molar-refractivity contribution in [2.75, 3.05) is 0 Å². The minimum Gasteiger partial charge on any atom is -0.279 e. The van der Waals surface area contributed by atoms with Gasteiger partial charge in [-0.15, -0.1) is 0 Å². The molecule has 1 rings (SSSR count). The molecule has 0 aliphatic carbocycles. The summed E-state index contributed by atoms with van der Waals surface area (Å²) in [6, 6.07) is 9.05. The summed E-state index contributed by atoms with van der Waals surface area (Å²) in [6.45, 7) is 1.79. The Balaban J connectivity index is 2.62. The Morgan fingerprint density at radius 1 is 1.43 bits per heavy atom. The summed E-state index contributed by atoms with van der Waals surface area (Å²) >= 11 is 0.909. The first-order valence-electron chi connectivity index (χ1n) is 4.37. The van der Waals surface area contributed by atoms with Gasteiger partial charge < -0.3 is 0 Å². The van der Waals surface area contributed by atoms with Gasteiger partial charge in [0.05, 0.1) is 0 Å². The van der Waals surface area contributed by atoms with E-state index in [4.69, 9.17) is 0 Å². The molecule has 74 valence electrons. The molecule has 0 heterocycles. The maximum atomic E-state index is 13.0. The topological polar surface area (TPSA) is 17.1 Å². The summed E-state index contributed by atoms with van der Waals surface area (Å²) in [6.07, 6.45) is 1.82. The van der Waals surface area contributed by atoms with Crippen molar-refractivity contribution in [1.82, 2.24) is 0 Å². The third-order valence-electron chi connectivity index (χ3n) is 1.53. The maximum absolute atomic E-state index is 13.0. The summed E-state index contributed by atoms with van der Waals surface area (Å²) in [5, 5.41) is -0.530. The monoisotopic (exact) mass is 210 g/mol. The molecule has 0 amide bonds. The highest BCUT2D eigenvalue weighted by molar-refractivity contribution is 8.14. The third-order valence-corrected chi connectivity index (χ3v) is 2.42. The van der Waals surface area contributed by atoms with E-state index in [1.807, 2.05) is 18.2 Å². The zero-order chi connectivity index (χ0) is 10.4. The Hall–Kier alpha value is -1.09. The molecule has 0 saturated heterocycles. The second-order valence-corrected chi connectivity index (χ2v) is 3.71. The van der Waals surface area contributed by atoms with Crippen molar-refractivity contribution in [1.29, 1.82) is 0 Å². The molecule has 0 bridgehead atoms. The normalized spacial score (nSPS) is 11.4. The van der Waals surface area contributed by atoms with Crippen LogP contribution in [-0.2, 0) is 4.79 Å².